The summed E-state index contributed by atoms with van der Waals surface area (Å²) in [6.45, 7) is 5.33. The fourth-order valence-corrected chi connectivity index (χ4v) is 2.99. The molecule has 2 aromatic rings. The van der Waals surface area contributed by atoms with E-state index in [9.17, 15) is 26.3 Å². The lowest BCUT2D eigenvalue weighted by atomic mass is 10.1. The van der Waals surface area contributed by atoms with Crippen LogP contribution < -0.4 is 0 Å². The van der Waals surface area contributed by atoms with E-state index in [2.05, 4.69) is 26.3 Å². The number of hydrogen-bond acceptors (Lipinski definition) is 7. The standard InChI is InChI=1S/C14H17N3OS.2C2HF3O2/c1-11-16-13(10-19-11)14-9-18-7-6-17(14)8-12-4-2-3-5-15-12;2*3-2(4,5)1(6)7/h2-5,10,14H,6-9H2,1H3;2*(H,6,7). The highest BCUT2D eigenvalue weighted by Crippen LogP contribution is 2.26. The molecule has 0 spiro atoms. The SMILES string of the molecule is Cc1nc(C2COCCN2Cc2ccccn2)cs1.O=C(O)C(F)(F)F.O=C(O)C(F)(F)F. The fraction of sp³-hybridized carbons (Fsp3) is 0.444. The van der Waals surface area contributed by atoms with Crippen molar-refractivity contribution >= 4 is 23.3 Å². The van der Waals surface area contributed by atoms with Gasteiger partial charge in [0.1, 0.15) is 0 Å². The van der Waals surface area contributed by atoms with Crippen LogP contribution in [0.1, 0.15) is 22.4 Å². The molecule has 15 heteroatoms. The van der Waals surface area contributed by atoms with Crippen LogP contribution in [0.4, 0.5) is 26.3 Å². The molecule has 0 bridgehead atoms. The highest BCUT2D eigenvalue weighted by molar-refractivity contribution is 7.09. The second-order valence-electron chi connectivity index (χ2n) is 6.28. The predicted molar refractivity (Wildman–Crippen MR) is 102 cm³/mol. The van der Waals surface area contributed by atoms with E-state index in [1.165, 1.54) is 0 Å². The zero-order chi connectivity index (χ0) is 25.2. The van der Waals surface area contributed by atoms with E-state index in [1.54, 1.807) is 11.3 Å². The zero-order valence-corrected chi connectivity index (χ0v) is 17.7. The van der Waals surface area contributed by atoms with E-state index < -0.39 is 24.3 Å². The largest absolute Gasteiger partial charge is 0.490 e. The number of hydrogen-bond donors (Lipinski definition) is 2. The van der Waals surface area contributed by atoms with Crippen molar-refractivity contribution in [3.63, 3.8) is 0 Å². The maximum Gasteiger partial charge on any atom is 0.490 e. The minimum absolute atomic E-state index is 0.251. The highest BCUT2D eigenvalue weighted by atomic mass is 32.1. The smallest absolute Gasteiger partial charge is 0.475 e. The van der Waals surface area contributed by atoms with Crippen LogP contribution >= 0.6 is 11.3 Å². The van der Waals surface area contributed by atoms with Crippen molar-refractivity contribution in [3.05, 3.63) is 46.2 Å². The van der Waals surface area contributed by atoms with Gasteiger partial charge in [-0.1, -0.05) is 6.07 Å². The molecule has 1 atom stereocenters. The van der Waals surface area contributed by atoms with E-state index in [0.717, 1.165) is 42.7 Å². The lowest BCUT2D eigenvalue weighted by Crippen LogP contribution is -2.39. The van der Waals surface area contributed by atoms with Crippen molar-refractivity contribution in [1.29, 1.82) is 0 Å². The van der Waals surface area contributed by atoms with Gasteiger partial charge in [0, 0.05) is 24.7 Å². The van der Waals surface area contributed by atoms with Crippen LogP contribution in [0.25, 0.3) is 0 Å². The summed E-state index contributed by atoms with van der Waals surface area (Å²) in [5.74, 6) is -5.51. The molecule has 1 fully saturated rings. The van der Waals surface area contributed by atoms with Crippen LogP contribution in [-0.4, -0.2) is 69.1 Å². The molecule has 0 saturated carbocycles. The monoisotopic (exact) mass is 503 g/mol. The molecule has 1 aliphatic heterocycles. The molecule has 2 N–H and O–H groups in total. The number of rotatable bonds is 3. The van der Waals surface area contributed by atoms with Gasteiger partial charge in [-0.25, -0.2) is 14.6 Å². The summed E-state index contributed by atoms with van der Waals surface area (Å²) in [4.78, 5) is 29.2. The molecule has 1 unspecified atom stereocenters. The summed E-state index contributed by atoms with van der Waals surface area (Å²) in [5.41, 5.74) is 2.22. The number of morpholine rings is 1. The van der Waals surface area contributed by atoms with Crippen molar-refractivity contribution < 1.29 is 50.9 Å². The molecule has 3 rings (SSSR count). The Bertz CT molecular complexity index is 868. The first-order chi connectivity index (χ1) is 15.2. The first-order valence-electron chi connectivity index (χ1n) is 8.95. The molecule has 184 valence electrons. The number of carboxylic acid groups (broad SMARTS) is 2. The van der Waals surface area contributed by atoms with E-state index >= 15 is 0 Å². The number of ether oxygens (including phenoxy) is 1. The summed E-state index contributed by atoms with van der Waals surface area (Å²) >= 11 is 1.70. The average molecular weight is 503 g/mol. The molecule has 2 aromatic heterocycles. The lowest BCUT2D eigenvalue weighted by Gasteiger charge is -2.34. The van der Waals surface area contributed by atoms with Gasteiger partial charge in [0.15, 0.2) is 0 Å². The lowest BCUT2D eigenvalue weighted by molar-refractivity contribution is -0.193. The Morgan fingerprint density at radius 1 is 1.15 bits per heavy atom. The van der Waals surface area contributed by atoms with E-state index in [4.69, 9.17) is 24.5 Å². The van der Waals surface area contributed by atoms with E-state index in [1.807, 2.05) is 25.3 Å². The van der Waals surface area contributed by atoms with Gasteiger partial charge in [0.2, 0.25) is 0 Å². The number of halogens is 6. The van der Waals surface area contributed by atoms with Gasteiger partial charge in [-0.3, -0.25) is 9.88 Å². The first kappa shape index (κ1) is 28.3. The maximum atomic E-state index is 10.6. The summed E-state index contributed by atoms with van der Waals surface area (Å²) in [7, 11) is 0. The normalized spacial score (nSPS) is 16.6. The van der Waals surface area contributed by atoms with Crippen molar-refractivity contribution in [1.82, 2.24) is 14.9 Å². The molecule has 1 saturated heterocycles. The number of nitrogens with zero attached hydrogens (tertiary/aromatic N) is 3. The van der Waals surface area contributed by atoms with Crippen molar-refractivity contribution in [2.75, 3.05) is 19.8 Å². The number of alkyl halides is 6. The third-order valence-electron chi connectivity index (χ3n) is 3.79. The molecule has 8 nitrogen and oxygen atoms in total. The number of aryl methyl sites for hydroxylation is 1. The zero-order valence-electron chi connectivity index (χ0n) is 16.9. The number of aliphatic carboxylic acids is 2. The molecular formula is C18H19F6N3O5S. The quantitative estimate of drug-likeness (QED) is 0.610. The molecule has 0 radical (unpaired) electrons. The van der Waals surface area contributed by atoms with Crippen LogP contribution in [-0.2, 0) is 20.9 Å². The van der Waals surface area contributed by atoms with Gasteiger partial charge in [-0.2, -0.15) is 26.3 Å². The summed E-state index contributed by atoms with van der Waals surface area (Å²) in [5, 5.41) is 17.5. The summed E-state index contributed by atoms with van der Waals surface area (Å²) in [6, 6.07) is 6.30. The van der Waals surface area contributed by atoms with Gasteiger partial charge in [0.25, 0.3) is 0 Å². The first-order valence-corrected chi connectivity index (χ1v) is 9.83. The Balaban J connectivity index is 0.000000324. The van der Waals surface area contributed by atoms with E-state index in [-0.39, 0.29) is 6.04 Å². The third-order valence-corrected chi connectivity index (χ3v) is 4.59. The molecule has 1 aliphatic rings. The second-order valence-corrected chi connectivity index (χ2v) is 7.34. The van der Waals surface area contributed by atoms with Crippen LogP contribution in [0.3, 0.4) is 0 Å². The number of carboxylic acids is 2. The van der Waals surface area contributed by atoms with Gasteiger partial charge < -0.3 is 14.9 Å². The van der Waals surface area contributed by atoms with Gasteiger partial charge in [-0.05, 0) is 19.1 Å². The van der Waals surface area contributed by atoms with Gasteiger partial charge >= 0.3 is 24.3 Å². The number of thiazole rings is 1. The summed E-state index contributed by atoms with van der Waals surface area (Å²) < 4.78 is 69.1. The second kappa shape index (κ2) is 12.5. The van der Waals surface area contributed by atoms with Crippen LogP contribution in [0, 0.1) is 6.92 Å². The van der Waals surface area contributed by atoms with E-state index in [0.29, 0.717) is 0 Å². The minimum atomic E-state index is -5.08. The fourth-order valence-electron chi connectivity index (χ4n) is 2.33. The predicted octanol–water partition coefficient (Wildman–Crippen LogP) is 3.69. The minimum Gasteiger partial charge on any atom is -0.475 e. The molecule has 33 heavy (non-hydrogen) atoms. The topological polar surface area (TPSA) is 113 Å². The summed E-state index contributed by atoms with van der Waals surface area (Å²) in [6.07, 6.45) is -8.32. The van der Waals surface area contributed by atoms with Gasteiger partial charge in [-0.15, -0.1) is 11.3 Å². The Labute approximate surface area is 187 Å². The molecule has 3 heterocycles. The third kappa shape index (κ3) is 10.6. The Morgan fingerprint density at radius 2 is 1.73 bits per heavy atom. The van der Waals surface area contributed by atoms with Crippen LogP contribution in [0.15, 0.2) is 29.8 Å². The molecular weight excluding hydrogens is 484 g/mol. The molecule has 0 aromatic carbocycles. The van der Waals surface area contributed by atoms with Crippen molar-refractivity contribution in [2.45, 2.75) is 31.9 Å². The van der Waals surface area contributed by atoms with Gasteiger partial charge in [0.05, 0.1) is 35.7 Å². The van der Waals surface area contributed by atoms with Crippen LogP contribution in [0.2, 0.25) is 0 Å². The molecule has 0 amide bonds. The van der Waals surface area contributed by atoms with Crippen molar-refractivity contribution in [2.24, 2.45) is 0 Å². The highest BCUT2D eigenvalue weighted by Gasteiger charge is 2.38. The Kier molecular flexibility index (Phi) is 10.7. The van der Waals surface area contributed by atoms with Crippen molar-refractivity contribution in [3.8, 4) is 0 Å². The average Bonchev–Trinajstić information content (AvgIpc) is 3.15. The number of carbonyl (C=O) groups is 2. The Hall–Kier alpha value is -2.78. The Morgan fingerprint density at radius 3 is 2.15 bits per heavy atom. The maximum absolute atomic E-state index is 10.6. The number of pyridine rings is 1. The molecule has 0 aliphatic carbocycles. The van der Waals surface area contributed by atoms with Crippen LogP contribution in [0.5, 0.6) is 0 Å². The number of aromatic nitrogens is 2.